The van der Waals surface area contributed by atoms with Gasteiger partial charge in [0, 0.05) is 39.9 Å². The van der Waals surface area contributed by atoms with E-state index in [2.05, 4.69) is 4.98 Å². The highest BCUT2D eigenvalue weighted by Crippen LogP contribution is 2.50. The Labute approximate surface area is 233 Å². The van der Waals surface area contributed by atoms with Crippen molar-refractivity contribution in [3.63, 3.8) is 0 Å². The number of pyridine rings is 1. The fraction of sp³-hybridized carbons (Fsp3) is 0.267. The summed E-state index contributed by atoms with van der Waals surface area (Å²) in [5.74, 6) is -3.51. The number of rotatable bonds is 7. The summed E-state index contributed by atoms with van der Waals surface area (Å²) in [5.41, 5.74) is 0.470. The fourth-order valence-corrected chi connectivity index (χ4v) is 5.18. The van der Waals surface area contributed by atoms with Crippen LogP contribution >= 0.6 is 0 Å². The molecule has 11 heteroatoms. The third-order valence-electron chi connectivity index (χ3n) is 7.35. The van der Waals surface area contributed by atoms with Crippen molar-refractivity contribution in [1.29, 1.82) is 0 Å². The van der Waals surface area contributed by atoms with Gasteiger partial charge in [-0.2, -0.15) is 0 Å². The summed E-state index contributed by atoms with van der Waals surface area (Å²) >= 11 is 0. The Morgan fingerprint density at radius 2 is 1.88 bits per heavy atom. The van der Waals surface area contributed by atoms with Crippen LogP contribution in [0.1, 0.15) is 69.2 Å². The number of nitrogens with zero attached hydrogens (tertiary/aromatic N) is 1. The molecule has 1 aliphatic heterocycles. The van der Waals surface area contributed by atoms with Crippen LogP contribution in [-0.4, -0.2) is 46.3 Å². The number of phenolic OH excluding ortho intramolecular Hbond substituents is 2. The standard InChI is InChI=1S/C30H27NO10/c1-13-26(34)24-15(10-31-13)11-41-30(24)20-8-17(14(2)32)28(36)25(29(20)37)18(9-23(33)39-4)21-12-40-22-6-5-16(38-3)7-19(22)27(21)35/h5-8,10,12,18,30,34,36-37H,9,11H2,1-4H3. The van der Waals surface area contributed by atoms with Gasteiger partial charge in [0.1, 0.15) is 34.7 Å². The monoisotopic (exact) mass is 561 g/mol. The van der Waals surface area contributed by atoms with Crippen LogP contribution < -0.4 is 10.2 Å². The van der Waals surface area contributed by atoms with Gasteiger partial charge >= 0.3 is 5.97 Å². The summed E-state index contributed by atoms with van der Waals surface area (Å²) in [4.78, 5) is 43.2. The topological polar surface area (TPSA) is 166 Å². The third-order valence-corrected chi connectivity index (χ3v) is 7.35. The summed E-state index contributed by atoms with van der Waals surface area (Å²) in [5, 5.41) is 33.9. The van der Waals surface area contributed by atoms with Gasteiger partial charge in [-0.25, -0.2) is 0 Å². The van der Waals surface area contributed by atoms with Crippen LogP contribution in [0.4, 0.5) is 0 Å². The summed E-state index contributed by atoms with van der Waals surface area (Å²) in [6, 6.07) is 5.91. The molecule has 41 heavy (non-hydrogen) atoms. The van der Waals surface area contributed by atoms with E-state index in [0.29, 0.717) is 22.6 Å². The quantitative estimate of drug-likeness (QED) is 0.219. The maximum absolute atomic E-state index is 13.7. The number of phenols is 2. The largest absolute Gasteiger partial charge is 0.507 e. The van der Waals surface area contributed by atoms with Crippen molar-refractivity contribution in [2.75, 3.05) is 14.2 Å². The van der Waals surface area contributed by atoms with Crippen LogP contribution in [0.15, 0.2) is 45.9 Å². The molecule has 0 bridgehead atoms. The summed E-state index contributed by atoms with van der Waals surface area (Å²) < 4.78 is 21.7. The van der Waals surface area contributed by atoms with Gasteiger partial charge in [-0.3, -0.25) is 19.4 Å². The second-order valence-electron chi connectivity index (χ2n) is 9.72. The molecule has 0 fully saturated rings. The number of benzene rings is 2. The SMILES string of the molecule is COC(=O)CC(c1c(O)c(C(C)=O)cc(C2OCc3cnc(C)c(O)c32)c1O)c1coc2ccc(OC)cc2c1=O. The average Bonchev–Trinajstić information content (AvgIpc) is 3.39. The van der Waals surface area contributed by atoms with Gasteiger partial charge in [-0.05, 0) is 38.1 Å². The van der Waals surface area contributed by atoms with E-state index in [1.165, 1.54) is 26.2 Å². The van der Waals surface area contributed by atoms with Crippen LogP contribution in [0.5, 0.6) is 23.0 Å². The molecule has 2 atom stereocenters. The van der Waals surface area contributed by atoms with E-state index in [4.69, 9.17) is 18.6 Å². The lowest BCUT2D eigenvalue weighted by Crippen LogP contribution is -2.19. The highest BCUT2D eigenvalue weighted by atomic mass is 16.5. The molecule has 5 rings (SSSR count). The van der Waals surface area contributed by atoms with E-state index in [1.54, 1.807) is 25.3 Å². The Hall–Kier alpha value is -4.90. The molecule has 4 aromatic rings. The van der Waals surface area contributed by atoms with E-state index < -0.39 is 47.1 Å². The first-order valence-corrected chi connectivity index (χ1v) is 12.6. The number of hydrogen-bond donors (Lipinski definition) is 3. The van der Waals surface area contributed by atoms with Gasteiger partial charge in [-0.1, -0.05) is 0 Å². The first-order chi connectivity index (χ1) is 19.6. The molecule has 0 amide bonds. The van der Waals surface area contributed by atoms with Gasteiger partial charge in [-0.15, -0.1) is 0 Å². The van der Waals surface area contributed by atoms with Crippen LogP contribution in [0.3, 0.4) is 0 Å². The zero-order valence-corrected chi connectivity index (χ0v) is 22.7. The Kier molecular flexibility index (Phi) is 7.14. The zero-order valence-electron chi connectivity index (χ0n) is 22.7. The van der Waals surface area contributed by atoms with Crippen molar-refractivity contribution in [3.8, 4) is 23.0 Å². The maximum atomic E-state index is 13.7. The van der Waals surface area contributed by atoms with Crippen molar-refractivity contribution in [3.05, 3.63) is 86.0 Å². The van der Waals surface area contributed by atoms with Crippen molar-refractivity contribution in [2.24, 2.45) is 0 Å². The molecule has 0 saturated carbocycles. The van der Waals surface area contributed by atoms with Crippen LogP contribution in [0, 0.1) is 6.92 Å². The predicted octanol–water partition coefficient (Wildman–Crippen LogP) is 4.14. The van der Waals surface area contributed by atoms with Gasteiger partial charge in [0.15, 0.2) is 11.2 Å². The molecule has 2 aromatic carbocycles. The van der Waals surface area contributed by atoms with Crippen molar-refractivity contribution in [1.82, 2.24) is 4.98 Å². The van der Waals surface area contributed by atoms with E-state index >= 15 is 0 Å². The minimum absolute atomic E-state index is 0.0457. The number of aryl methyl sites for hydroxylation is 1. The maximum Gasteiger partial charge on any atom is 0.306 e. The Morgan fingerprint density at radius 1 is 1.12 bits per heavy atom. The Balaban J connectivity index is 1.80. The Bertz CT molecular complexity index is 1770. The number of Topliss-reactive ketones (excluding diaryl/α,β-unsaturated/α-hetero) is 1. The van der Waals surface area contributed by atoms with E-state index in [1.807, 2.05) is 0 Å². The van der Waals surface area contributed by atoms with Crippen molar-refractivity contribution in [2.45, 2.75) is 38.9 Å². The first-order valence-electron chi connectivity index (χ1n) is 12.6. The Morgan fingerprint density at radius 3 is 2.56 bits per heavy atom. The van der Waals surface area contributed by atoms with Gasteiger partial charge in [0.25, 0.3) is 0 Å². The molecule has 0 radical (unpaired) electrons. The normalized spacial score (nSPS) is 15.0. The van der Waals surface area contributed by atoms with Crippen molar-refractivity contribution >= 4 is 22.7 Å². The minimum atomic E-state index is -1.30. The molecule has 2 unspecified atom stereocenters. The second-order valence-corrected chi connectivity index (χ2v) is 9.72. The van der Waals surface area contributed by atoms with Crippen LogP contribution in [0.25, 0.3) is 11.0 Å². The summed E-state index contributed by atoms with van der Waals surface area (Å²) in [6.07, 6.45) is 1.16. The minimum Gasteiger partial charge on any atom is -0.507 e. The smallest absolute Gasteiger partial charge is 0.306 e. The number of methoxy groups -OCH3 is 2. The highest BCUT2D eigenvalue weighted by molar-refractivity contribution is 5.98. The second kappa shape index (κ2) is 10.6. The molecular formula is C30H27NO10. The number of aromatic nitrogens is 1. The molecule has 2 aromatic heterocycles. The average molecular weight is 562 g/mol. The number of aromatic hydroxyl groups is 3. The molecule has 3 heterocycles. The molecule has 1 aliphatic rings. The molecule has 0 aliphatic carbocycles. The van der Waals surface area contributed by atoms with Crippen molar-refractivity contribution < 1.29 is 43.5 Å². The van der Waals surface area contributed by atoms with Gasteiger partial charge in [0.2, 0.25) is 0 Å². The van der Waals surface area contributed by atoms with Crippen LogP contribution in [-0.2, 0) is 20.9 Å². The number of ketones is 1. The summed E-state index contributed by atoms with van der Waals surface area (Å²) in [7, 11) is 2.60. The molecule has 212 valence electrons. The number of ether oxygens (including phenoxy) is 3. The highest BCUT2D eigenvalue weighted by Gasteiger charge is 2.37. The summed E-state index contributed by atoms with van der Waals surface area (Å²) in [6.45, 7) is 2.89. The molecule has 3 N–H and O–H groups in total. The number of carbonyl (C=O) groups is 2. The van der Waals surface area contributed by atoms with E-state index in [-0.39, 0.29) is 45.6 Å². The molecule has 0 spiro atoms. The van der Waals surface area contributed by atoms with E-state index in [0.717, 1.165) is 13.4 Å². The lowest BCUT2D eigenvalue weighted by Gasteiger charge is -2.24. The van der Waals surface area contributed by atoms with E-state index in [9.17, 15) is 29.7 Å². The predicted molar refractivity (Wildman–Crippen MR) is 145 cm³/mol. The lowest BCUT2D eigenvalue weighted by molar-refractivity contribution is -0.140. The molecule has 11 nitrogen and oxygen atoms in total. The number of esters is 1. The van der Waals surface area contributed by atoms with Gasteiger partial charge in [0.05, 0.1) is 50.2 Å². The third kappa shape index (κ3) is 4.63. The number of fused-ring (bicyclic) bond motifs is 2. The fourth-order valence-electron chi connectivity index (χ4n) is 5.18. The lowest BCUT2D eigenvalue weighted by atomic mass is 9.83. The van der Waals surface area contributed by atoms with Crippen LogP contribution in [0.2, 0.25) is 0 Å². The van der Waals surface area contributed by atoms with Gasteiger partial charge < -0.3 is 33.9 Å². The molecular weight excluding hydrogens is 534 g/mol. The number of hydrogen-bond acceptors (Lipinski definition) is 11. The zero-order chi connectivity index (χ0) is 29.6. The number of carbonyl (C=O) groups excluding carboxylic acids is 2. The first kappa shape index (κ1) is 27.7. The molecule has 0 saturated heterocycles.